The van der Waals surface area contributed by atoms with Gasteiger partial charge in [0.25, 0.3) is 0 Å². The smallest absolute Gasteiger partial charge is 0.190 e. The Balaban J connectivity index is 1.43. The van der Waals surface area contributed by atoms with E-state index in [1.54, 1.807) is 25.1 Å². The van der Waals surface area contributed by atoms with Gasteiger partial charge in [0.2, 0.25) is 0 Å². The van der Waals surface area contributed by atoms with Crippen molar-refractivity contribution in [2.75, 3.05) is 51.3 Å². The minimum Gasteiger partial charge on any atom is -0.491 e. The molecule has 9 heteroatoms. The lowest BCUT2D eigenvalue weighted by Crippen LogP contribution is -2.49. The molecule has 0 bridgehead atoms. The molecule has 2 aromatic carbocycles. The van der Waals surface area contributed by atoms with E-state index in [0.717, 1.165) is 31.9 Å². The molecule has 2 unspecified atom stereocenters. The normalized spacial score (nSPS) is 18.1. The molecular weight excluding hydrogens is 409 g/mol. The monoisotopic (exact) mass is 437 g/mol. The van der Waals surface area contributed by atoms with E-state index in [1.807, 2.05) is 6.07 Å². The van der Waals surface area contributed by atoms with Gasteiger partial charge >= 0.3 is 0 Å². The highest BCUT2D eigenvalue weighted by atomic mass is 32.2. The van der Waals surface area contributed by atoms with Crippen LogP contribution in [0.2, 0.25) is 0 Å². The van der Waals surface area contributed by atoms with Crippen LogP contribution in [0.1, 0.15) is 5.56 Å². The summed E-state index contributed by atoms with van der Waals surface area (Å²) in [6.07, 6.45) is -0.649. The standard InChI is InChI=1S/C21H28FN3O4S/c1-16-13-17(3-8-21(16)22)25-11-9-24(10-12-25)14-18(26)15-29-19-4-6-20(7-5-19)30(23,27)28-2/h3-8,13,18,23,26H,9-12,14-15H2,1-2H3. The number of piperazine rings is 1. The summed E-state index contributed by atoms with van der Waals surface area (Å²) in [7, 11) is -2.00. The second-order valence-corrected chi connectivity index (χ2v) is 9.14. The van der Waals surface area contributed by atoms with E-state index < -0.39 is 16.1 Å². The number of ether oxygens (including phenoxy) is 1. The molecule has 1 aliphatic heterocycles. The molecule has 164 valence electrons. The van der Waals surface area contributed by atoms with Crippen molar-refractivity contribution in [2.45, 2.75) is 17.9 Å². The molecule has 0 amide bonds. The molecular formula is C21H28FN3O4S. The molecule has 3 rings (SSSR count). The van der Waals surface area contributed by atoms with Crippen LogP contribution in [0.25, 0.3) is 0 Å². The number of aryl methyl sites for hydroxylation is 1. The topological polar surface area (TPSA) is 86.1 Å². The van der Waals surface area contributed by atoms with E-state index in [9.17, 15) is 13.7 Å². The zero-order chi connectivity index (χ0) is 21.7. The van der Waals surface area contributed by atoms with Crippen molar-refractivity contribution in [3.63, 3.8) is 0 Å². The number of β-amino-alcohol motifs (C(OH)–C–C–N with tert-alkyl or cyclic N) is 1. The van der Waals surface area contributed by atoms with Crippen molar-refractivity contribution < 1.29 is 22.6 Å². The SMILES string of the molecule is COS(=N)(=O)c1ccc(OCC(O)CN2CCN(c3ccc(F)c(C)c3)CC2)cc1. The number of halogens is 1. The third-order valence-electron chi connectivity index (χ3n) is 5.16. The summed E-state index contributed by atoms with van der Waals surface area (Å²) >= 11 is 0. The minimum absolute atomic E-state index is 0.136. The lowest BCUT2D eigenvalue weighted by atomic mass is 10.1. The second kappa shape index (κ2) is 9.74. The predicted molar refractivity (Wildman–Crippen MR) is 114 cm³/mol. The average Bonchev–Trinajstić information content (AvgIpc) is 2.75. The Kier molecular flexibility index (Phi) is 7.30. The molecule has 1 heterocycles. The number of nitrogens with zero attached hydrogens (tertiary/aromatic N) is 2. The number of hydrogen-bond donors (Lipinski definition) is 2. The number of anilines is 1. The average molecular weight is 438 g/mol. The lowest BCUT2D eigenvalue weighted by Gasteiger charge is -2.37. The van der Waals surface area contributed by atoms with Gasteiger partial charge in [-0.1, -0.05) is 0 Å². The third-order valence-corrected chi connectivity index (χ3v) is 6.52. The summed E-state index contributed by atoms with van der Waals surface area (Å²) in [6.45, 7) is 5.63. The van der Waals surface area contributed by atoms with Crippen LogP contribution in [-0.2, 0) is 14.2 Å². The summed E-state index contributed by atoms with van der Waals surface area (Å²) in [4.78, 5) is 4.67. The van der Waals surface area contributed by atoms with Gasteiger partial charge in [-0.25, -0.2) is 13.4 Å². The maximum absolute atomic E-state index is 13.5. The molecule has 1 fully saturated rings. The first-order valence-corrected chi connectivity index (χ1v) is 11.3. The molecule has 0 aromatic heterocycles. The molecule has 0 saturated carbocycles. The highest BCUT2D eigenvalue weighted by Gasteiger charge is 2.20. The third kappa shape index (κ3) is 5.69. The molecule has 2 N–H and O–H groups in total. The fraction of sp³-hybridized carbons (Fsp3) is 0.429. The number of nitrogens with one attached hydrogen (secondary N) is 1. The molecule has 7 nitrogen and oxygen atoms in total. The van der Waals surface area contributed by atoms with Gasteiger partial charge in [0.15, 0.2) is 10.0 Å². The van der Waals surface area contributed by atoms with Gasteiger partial charge in [0.1, 0.15) is 24.3 Å². The minimum atomic E-state index is -3.23. The Morgan fingerprint density at radius 2 is 1.83 bits per heavy atom. The van der Waals surface area contributed by atoms with Gasteiger partial charge in [-0.05, 0) is 55.0 Å². The Labute approximate surface area is 177 Å². The van der Waals surface area contributed by atoms with E-state index in [2.05, 4.69) is 14.0 Å². The highest BCUT2D eigenvalue weighted by Crippen LogP contribution is 2.20. The van der Waals surface area contributed by atoms with Crippen molar-refractivity contribution in [3.8, 4) is 5.75 Å². The van der Waals surface area contributed by atoms with Crippen LogP contribution in [0.4, 0.5) is 10.1 Å². The number of benzene rings is 2. The van der Waals surface area contributed by atoms with Crippen LogP contribution < -0.4 is 9.64 Å². The number of aliphatic hydroxyl groups excluding tert-OH is 1. The largest absolute Gasteiger partial charge is 0.491 e. The molecule has 0 aliphatic carbocycles. The molecule has 2 aromatic rings. The van der Waals surface area contributed by atoms with Gasteiger partial charge in [-0.2, -0.15) is 0 Å². The number of aliphatic hydroxyl groups is 1. The van der Waals surface area contributed by atoms with E-state index >= 15 is 0 Å². The van der Waals surface area contributed by atoms with Crippen molar-refractivity contribution >= 4 is 15.7 Å². The second-order valence-electron chi connectivity index (χ2n) is 7.33. The molecule has 30 heavy (non-hydrogen) atoms. The summed E-state index contributed by atoms with van der Waals surface area (Å²) in [5.74, 6) is 0.336. The van der Waals surface area contributed by atoms with Crippen molar-refractivity contribution in [3.05, 3.63) is 53.8 Å². The maximum Gasteiger partial charge on any atom is 0.190 e. The zero-order valence-corrected chi connectivity index (χ0v) is 18.0. The highest BCUT2D eigenvalue weighted by molar-refractivity contribution is 7.87. The van der Waals surface area contributed by atoms with Crippen LogP contribution in [0, 0.1) is 17.5 Å². The van der Waals surface area contributed by atoms with Crippen molar-refractivity contribution in [1.82, 2.24) is 4.90 Å². The lowest BCUT2D eigenvalue weighted by molar-refractivity contribution is 0.0663. The summed E-state index contributed by atoms with van der Waals surface area (Å²) in [6, 6.07) is 11.4. The van der Waals surface area contributed by atoms with E-state index in [4.69, 9.17) is 9.52 Å². The van der Waals surface area contributed by atoms with Crippen LogP contribution in [-0.4, -0.2) is 66.8 Å². The molecule has 1 saturated heterocycles. The number of rotatable bonds is 8. The van der Waals surface area contributed by atoms with Crippen LogP contribution in [0.3, 0.4) is 0 Å². The molecule has 0 spiro atoms. The van der Waals surface area contributed by atoms with E-state index in [-0.39, 0.29) is 17.3 Å². The van der Waals surface area contributed by atoms with Gasteiger partial charge in [-0.15, -0.1) is 0 Å². The van der Waals surface area contributed by atoms with E-state index in [1.165, 1.54) is 25.3 Å². The Morgan fingerprint density at radius 3 is 2.43 bits per heavy atom. The zero-order valence-electron chi connectivity index (χ0n) is 17.2. The van der Waals surface area contributed by atoms with Gasteiger partial charge in [0.05, 0.1) is 12.0 Å². The fourth-order valence-corrected chi connectivity index (χ4v) is 4.06. The predicted octanol–water partition coefficient (Wildman–Crippen LogP) is 2.66. The van der Waals surface area contributed by atoms with Crippen LogP contribution in [0.15, 0.2) is 47.4 Å². The van der Waals surface area contributed by atoms with Gasteiger partial charge in [-0.3, -0.25) is 9.08 Å². The molecule has 1 aliphatic rings. The van der Waals surface area contributed by atoms with Gasteiger partial charge < -0.3 is 14.7 Å². The Hall–Kier alpha value is -2.20. The fourth-order valence-electron chi connectivity index (χ4n) is 3.37. The molecule has 0 radical (unpaired) electrons. The van der Waals surface area contributed by atoms with Crippen LogP contribution >= 0.6 is 0 Å². The Morgan fingerprint density at radius 1 is 1.17 bits per heavy atom. The molecule has 2 atom stereocenters. The van der Waals surface area contributed by atoms with Gasteiger partial charge in [0, 0.05) is 38.4 Å². The van der Waals surface area contributed by atoms with Crippen molar-refractivity contribution in [2.24, 2.45) is 0 Å². The Bertz CT molecular complexity index is 945. The van der Waals surface area contributed by atoms with E-state index in [0.29, 0.717) is 17.9 Å². The summed E-state index contributed by atoms with van der Waals surface area (Å²) in [5, 5.41) is 10.3. The van der Waals surface area contributed by atoms with Crippen molar-refractivity contribution in [1.29, 1.82) is 4.78 Å². The first-order valence-electron chi connectivity index (χ1n) is 9.77. The summed E-state index contributed by atoms with van der Waals surface area (Å²) < 4.78 is 43.2. The van der Waals surface area contributed by atoms with Crippen LogP contribution in [0.5, 0.6) is 5.75 Å². The summed E-state index contributed by atoms with van der Waals surface area (Å²) in [5.41, 5.74) is 1.66. The quantitative estimate of drug-likeness (QED) is 0.660. The maximum atomic E-state index is 13.5. The number of hydrogen-bond acceptors (Lipinski definition) is 7. The first kappa shape index (κ1) is 22.5. The first-order chi connectivity index (χ1) is 14.3.